The maximum absolute atomic E-state index is 12.4. The minimum absolute atomic E-state index is 0.00658. The molecule has 1 aromatic rings. The fraction of sp³-hybridized carbons (Fsp3) is 0.750. The van der Waals surface area contributed by atoms with Gasteiger partial charge >= 0.3 is 5.97 Å². The Labute approximate surface area is 206 Å². The fourth-order valence-corrected chi connectivity index (χ4v) is 4.30. The van der Waals surface area contributed by atoms with Crippen LogP contribution in [-0.4, -0.2) is 24.3 Å². The third-order valence-corrected chi connectivity index (χ3v) is 6.18. The summed E-state index contributed by atoms with van der Waals surface area (Å²) < 4.78 is 10.6. The SMILES string of the molecule is CCCCCCCCCCCCCCCCCC(=O)Nc1oc(C)c(C(C)=O)c1C(=O)OCC. The van der Waals surface area contributed by atoms with Crippen LogP contribution < -0.4 is 5.32 Å². The van der Waals surface area contributed by atoms with Crippen molar-refractivity contribution in [1.29, 1.82) is 0 Å². The molecule has 1 rings (SSSR count). The van der Waals surface area contributed by atoms with Gasteiger partial charge in [-0.25, -0.2) is 4.79 Å². The first-order chi connectivity index (χ1) is 16.4. The van der Waals surface area contributed by atoms with E-state index in [1.54, 1.807) is 13.8 Å². The van der Waals surface area contributed by atoms with Crippen molar-refractivity contribution >= 4 is 23.5 Å². The van der Waals surface area contributed by atoms with Gasteiger partial charge < -0.3 is 9.15 Å². The topological polar surface area (TPSA) is 85.6 Å². The number of aryl methyl sites for hydroxylation is 1. The Hall–Kier alpha value is -2.11. The van der Waals surface area contributed by atoms with Crippen molar-refractivity contribution < 1.29 is 23.5 Å². The van der Waals surface area contributed by atoms with Crippen LogP contribution in [0.3, 0.4) is 0 Å². The van der Waals surface area contributed by atoms with E-state index >= 15 is 0 Å². The highest BCUT2D eigenvalue weighted by Crippen LogP contribution is 2.29. The van der Waals surface area contributed by atoms with Crippen molar-refractivity contribution in [3.05, 3.63) is 16.9 Å². The van der Waals surface area contributed by atoms with Crippen LogP contribution in [0.4, 0.5) is 5.88 Å². The first-order valence-electron chi connectivity index (χ1n) is 13.5. The van der Waals surface area contributed by atoms with Crippen LogP contribution in [0.1, 0.15) is 150 Å². The number of rotatable bonds is 20. The third kappa shape index (κ3) is 11.8. The summed E-state index contributed by atoms with van der Waals surface area (Å²) in [5, 5.41) is 2.66. The zero-order chi connectivity index (χ0) is 25.2. The average Bonchev–Trinajstić information content (AvgIpc) is 3.12. The summed E-state index contributed by atoms with van der Waals surface area (Å²) in [6, 6.07) is 0. The number of hydrogen-bond donors (Lipinski definition) is 1. The lowest BCUT2D eigenvalue weighted by atomic mass is 10.0. The predicted molar refractivity (Wildman–Crippen MR) is 138 cm³/mol. The Balaban J connectivity index is 2.18. The largest absolute Gasteiger partial charge is 0.462 e. The number of unbranched alkanes of at least 4 members (excludes halogenated alkanes) is 14. The quantitative estimate of drug-likeness (QED) is 0.116. The first kappa shape index (κ1) is 29.9. The summed E-state index contributed by atoms with van der Waals surface area (Å²) in [5.74, 6) is -0.868. The lowest BCUT2D eigenvalue weighted by molar-refractivity contribution is -0.116. The standard InChI is InChI=1S/C28H47NO5/c1-5-7-8-9-10-11-12-13-14-15-16-17-18-19-20-21-24(31)29-27-26(28(32)33-6-2)25(22(3)30)23(4)34-27/h5-21H2,1-4H3,(H,29,31). The summed E-state index contributed by atoms with van der Waals surface area (Å²) in [7, 11) is 0. The highest BCUT2D eigenvalue weighted by Gasteiger charge is 2.28. The van der Waals surface area contributed by atoms with Crippen molar-refractivity contribution in [2.45, 2.75) is 130 Å². The van der Waals surface area contributed by atoms with Gasteiger partial charge in [0.1, 0.15) is 11.3 Å². The maximum Gasteiger partial charge on any atom is 0.344 e. The lowest BCUT2D eigenvalue weighted by Crippen LogP contribution is -2.16. The molecule has 1 N–H and O–H groups in total. The number of ether oxygens (including phenoxy) is 1. The number of ketones is 1. The van der Waals surface area contributed by atoms with Crippen LogP contribution in [0, 0.1) is 6.92 Å². The van der Waals surface area contributed by atoms with E-state index in [0.29, 0.717) is 12.2 Å². The molecule has 0 spiro atoms. The van der Waals surface area contributed by atoms with E-state index in [-0.39, 0.29) is 35.3 Å². The molecular weight excluding hydrogens is 430 g/mol. The second-order valence-corrected chi connectivity index (χ2v) is 9.26. The molecule has 1 aromatic heterocycles. The van der Waals surface area contributed by atoms with Crippen LogP contribution in [0.25, 0.3) is 0 Å². The van der Waals surface area contributed by atoms with Crippen molar-refractivity contribution in [3.63, 3.8) is 0 Å². The number of nitrogens with one attached hydrogen (secondary N) is 1. The number of hydrogen-bond acceptors (Lipinski definition) is 5. The Morgan fingerprint density at radius 3 is 1.65 bits per heavy atom. The Morgan fingerprint density at radius 2 is 1.21 bits per heavy atom. The highest BCUT2D eigenvalue weighted by atomic mass is 16.5. The second-order valence-electron chi connectivity index (χ2n) is 9.26. The minimum atomic E-state index is -0.660. The Kier molecular flexibility index (Phi) is 16.1. The van der Waals surface area contributed by atoms with E-state index < -0.39 is 5.97 Å². The molecule has 6 nitrogen and oxygen atoms in total. The Bertz CT molecular complexity index is 737. The van der Waals surface area contributed by atoms with Gasteiger partial charge in [0.15, 0.2) is 5.78 Å². The molecule has 0 radical (unpaired) electrons. The Morgan fingerprint density at radius 1 is 0.735 bits per heavy atom. The minimum Gasteiger partial charge on any atom is -0.462 e. The maximum atomic E-state index is 12.4. The molecule has 1 amide bonds. The number of amides is 1. The van der Waals surface area contributed by atoms with Crippen LogP contribution >= 0.6 is 0 Å². The smallest absolute Gasteiger partial charge is 0.344 e. The van der Waals surface area contributed by atoms with E-state index in [4.69, 9.17) is 9.15 Å². The summed E-state index contributed by atoms with van der Waals surface area (Å²) in [6.07, 6.45) is 19.4. The van der Waals surface area contributed by atoms with Crippen LogP contribution in [0.2, 0.25) is 0 Å². The number of carbonyl (C=O) groups is 3. The monoisotopic (exact) mass is 477 g/mol. The summed E-state index contributed by atoms with van der Waals surface area (Å²) in [6.45, 7) is 7.09. The summed E-state index contributed by atoms with van der Waals surface area (Å²) in [5.41, 5.74) is 0.178. The number of furan rings is 1. The van der Waals surface area contributed by atoms with Crippen LogP contribution in [0.5, 0.6) is 0 Å². The molecule has 0 bridgehead atoms. The number of Topliss-reactive ketones (excluding diaryl/α,β-unsaturated/α-hetero) is 1. The van der Waals surface area contributed by atoms with E-state index in [2.05, 4.69) is 12.2 Å². The van der Waals surface area contributed by atoms with Crippen LogP contribution in [-0.2, 0) is 9.53 Å². The van der Waals surface area contributed by atoms with Crippen molar-refractivity contribution in [3.8, 4) is 0 Å². The van der Waals surface area contributed by atoms with Gasteiger partial charge in [0.05, 0.1) is 12.2 Å². The molecule has 0 fully saturated rings. The van der Waals surface area contributed by atoms with E-state index in [1.807, 2.05) is 0 Å². The molecule has 1 heterocycles. The molecule has 194 valence electrons. The zero-order valence-electron chi connectivity index (χ0n) is 22.1. The first-order valence-corrected chi connectivity index (χ1v) is 13.5. The predicted octanol–water partition coefficient (Wildman–Crippen LogP) is 8.17. The summed E-state index contributed by atoms with van der Waals surface area (Å²) in [4.78, 5) is 36.6. The van der Waals surface area contributed by atoms with Gasteiger partial charge in [-0.1, -0.05) is 96.8 Å². The van der Waals surface area contributed by atoms with E-state index in [9.17, 15) is 14.4 Å². The molecule has 0 unspecified atom stereocenters. The molecule has 0 aliphatic rings. The van der Waals surface area contributed by atoms with Gasteiger partial charge in [-0.05, 0) is 27.2 Å². The lowest BCUT2D eigenvalue weighted by Gasteiger charge is -2.06. The molecule has 0 aromatic carbocycles. The second kappa shape index (κ2) is 18.2. The normalized spacial score (nSPS) is 10.9. The van der Waals surface area contributed by atoms with Gasteiger partial charge in [-0.2, -0.15) is 0 Å². The van der Waals surface area contributed by atoms with E-state index in [0.717, 1.165) is 19.3 Å². The number of esters is 1. The molecule has 6 heteroatoms. The van der Waals surface area contributed by atoms with Crippen molar-refractivity contribution in [2.24, 2.45) is 0 Å². The zero-order valence-corrected chi connectivity index (χ0v) is 22.1. The van der Waals surface area contributed by atoms with Gasteiger partial charge in [-0.15, -0.1) is 0 Å². The molecule has 0 saturated carbocycles. The van der Waals surface area contributed by atoms with E-state index in [1.165, 1.54) is 84.0 Å². The molecular formula is C28H47NO5. The van der Waals surface area contributed by atoms with Gasteiger partial charge in [-0.3, -0.25) is 14.9 Å². The van der Waals surface area contributed by atoms with Crippen molar-refractivity contribution in [2.75, 3.05) is 11.9 Å². The summed E-state index contributed by atoms with van der Waals surface area (Å²) >= 11 is 0. The average molecular weight is 478 g/mol. The molecule has 0 saturated heterocycles. The highest BCUT2D eigenvalue weighted by molar-refractivity contribution is 6.10. The molecule has 0 atom stereocenters. The third-order valence-electron chi connectivity index (χ3n) is 6.18. The number of carbonyl (C=O) groups excluding carboxylic acids is 3. The van der Waals surface area contributed by atoms with Gasteiger partial charge in [0.2, 0.25) is 11.8 Å². The van der Waals surface area contributed by atoms with Crippen molar-refractivity contribution in [1.82, 2.24) is 0 Å². The molecule has 34 heavy (non-hydrogen) atoms. The fourth-order valence-electron chi connectivity index (χ4n) is 4.30. The van der Waals surface area contributed by atoms with Gasteiger partial charge in [0, 0.05) is 6.42 Å². The number of anilines is 1. The van der Waals surface area contributed by atoms with Gasteiger partial charge in [0.25, 0.3) is 0 Å². The van der Waals surface area contributed by atoms with Crippen LogP contribution in [0.15, 0.2) is 4.42 Å². The molecule has 0 aliphatic carbocycles. The molecule has 0 aliphatic heterocycles.